The topological polar surface area (TPSA) is 23.6 Å². The highest BCUT2D eigenvalue weighted by molar-refractivity contribution is 5.99. The molecule has 2 aromatic carbocycles. The van der Waals surface area contributed by atoms with Gasteiger partial charge in [-0.3, -0.25) is 9.69 Å². The number of benzene rings is 2. The largest absolute Gasteiger partial charge is 0.311 e. The Bertz CT molecular complexity index is 955. The summed E-state index contributed by atoms with van der Waals surface area (Å²) in [6, 6.07) is 8.29. The van der Waals surface area contributed by atoms with E-state index in [-0.39, 0.29) is 17.1 Å². The summed E-state index contributed by atoms with van der Waals surface area (Å²) in [4.78, 5) is 17.0. The van der Waals surface area contributed by atoms with Gasteiger partial charge in [0.15, 0.2) is 0 Å². The van der Waals surface area contributed by atoms with Gasteiger partial charge in [0.1, 0.15) is 17.5 Å². The van der Waals surface area contributed by atoms with Crippen molar-refractivity contribution >= 4 is 11.6 Å². The first kappa shape index (κ1) is 20.9. The standard InChI is InChI=1S/C24H27F3N2O/c1-23(2,3)22(30)29-15-24(20-13-17(25)4-5-21(20)29)6-8-28(9-7-24)14-16-10-18(26)12-19(27)11-16/h4-5,10-13H,6-9,14-15H2,1-3H3. The molecule has 1 fully saturated rings. The third-order valence-corrected chi connectivity index (χ3v) is 6.31. The van der Waals surface area contributed by atoms with Crippen LogP contribution in [0, 0.1) is 22.9 Å². The minimum atomic E-state index is -0.574. The molecule has 160 valence electrons. The molecule has 0 aliphatic carbocycles. The highest BCUT2D eigenvalue weighted by atomic mass is 19.1. The highest BCUT2D eigenvalue weighted by Gasteiger charge is 2.47. The normalized spacial score (nSPS) is 18.7. The lowest BCUT2D eigenvalue weighted by Crippen LogP contribution is -2.47. The Labute approximate surface area is 175 Å². The van der Waals surface area contributed by atoms with Gasteiger partial charge in [0.2, 0.25) is 5.91 Å². The van der Waals surface area contributed by atoms with Crippen molar-refractivity contribution in [2.24, 2.45) is 5.41 Å². The number of carbonyl (C=O) groups excluding carboxylic acids is 1. The van der Waals surface area contributed by atoms with E-state index >= 15 is 0 Å². The van der Waals surface area contributed by atoms with Crippen LogP contribution in [0.2, 0.25) is 0 Å². The highest BCUT2D eigenvalue weighted by Crippen LogP contribution is 2.48. The van der Waals surface area contributed by atoms with Crippen LogP contribution < -0.4 is 4.90 Å². The molecule has 0 atom stereocenters. The van der Waals surface area contributed by atoms with E-state index in [2.05, 4.69) is 4.90 Å². The summed E-state index contributed by atoms with van der Waals surface area (Å²) in [5.74, 6) is -1.41. The van der Waals surface area contributed by atoms with E-state index in [1.54, 1.807) is 12.1 Å². The molecular weight excluding hydrogens is 389 g/mol. The van der Waals surface area contributed by atoms with Crippen LogP contribution in [0.5, 0.6) is 0 Å². The number of carbonyl (C=O) groups is 1. The summed E-state index contributed by atoms with van der Waals surface area (Å²) in [5, 5.41) is 0. The fourth-order valence-corrected chi connectivity index (χ4v) is 4.75. The summed E-state index contributed by atoms with van der Waals surface area (Å²) in [5.41, 5.74) is 1.49. The van der Waals surface area contributed by atoms with E-state index in [0.29, 0.717) is 31.7 Å². The van der Waals surface area contributed by atoms with Crippen LogP contribution in [0.25, 0.3) is 0 Å². The van der Waals surface area contributed by atoms with E-state index in [4.69, 9.17) is 0 Å². The molecule has 6 heteroatoms. The Morgan fingerprint density at radius 1 is 0.967 bits per heavy atom. The van der Waals surface area contributed by atoms with E-state index in [9.17, 15) is 18.0 Å². The van der Waals surface area contributed by atoms with E-state index in [1.807, 2.05) is 25.7 Å². The van der Waals surface area contributed by atoms with E-state index in [1.165, 1.54) is 18.2 Å². The lowest BCUT2D eigenvalue weighted by atomic mass is 9.74. The van der Waals surface area contributed by atoms with Crippen LogP contribution in [0.3, 0.4) is 0 Å². The van der Waals surface area contributed by atoms with Gasteiger partial charge >= 0.3 is 0 Å². The van der Waals surface area contributed by atoms with Gasteiger partial charge < -0.3 is 4.90 Å². The SMILES string of the molecule is CC(C)(C)C(=O)N1CC2(CCN(Cc3cc(F)cc(F)c3)CC2)c2cc(F)ccc21. The predicted octanol–water partition coefficient (Wildman–Crippen LogP) is 5.03. The van der Waals surface area contributed by atoms with Crippen LogP contribution >= 0.6 is 0 Å². The smallest absolute Gasteiger partial charge is 0.232 e. The van der Waals surface area contributed by atoms with Crippen molar-refractivity contribution in [3.8, 4) is 0 Å². The minimum Gasteiger partial charge on any atom is -0.311 e. The molecule has 4 rings (SSSR count). The lowest BCUT2D eigenvalue weighted by Gasteiger charge is -2.40. The second kappa shape index (κ2) is 7.41. The number of nitrogens with zero attached hydrogens (tertiary/aromatic N) is 2. The van der Waals surface area contributed by atoms with E-state index < -0.39 is 17.0 Å². The molecule has 0 saturated carbocycles. The summed E-state index contributed by atoms with van der Waals surface area (Å²) >= 11 is 0. The number of anilines is 1. The zero-order valence-electron chi connectivity index (χ0n) is 17.6. The number of halogens is 3. The van der Waals surface area contributed by atoms with Crippen LogP contribution in [0.15, 0.2) is 36.4 Å². The number of rotatable bonds is 2. The van der Waals surface area contributed by atoms with Crippen molar-refractivity contribution in [1.82, 2.24) is 4.90 Å². The summed E-state index contributed by atoms with van der Waals surface area (Å²) in [7, 11) is 0. The zero-order valence-corrected chi connectivity index (χ0v) is 17.6. The average Bonchev–Trinajstić information content (AvgIpc) is 2.95. The minimum absolute atomic E-state index is 0.0323. The van der Waals surface area contributed by atoms with Gasteiger partial charge in [-0.25, -0.2) is 13.2 Å². The number of piperidine rings is 1. The number of amides is 1. The molecule has 1 amide bonds. The lowest BCUT2D eigenvalue weighted by molar-refractivity contribution is -0.125. The zero-order chi connectivity index (χ0) is 21.7. The van der Waals surface area contributed by atoms with Gasteiger partial charge in [0.05, 0.1) is 0 Å². The first-order valence-corrected chi connectivity index (χ1v) is 10.4. The second-order valence-electron chi connectivity index (χ2n) is 9.64. The van der Waals surface area contributed by atoms with Gasteiger partial charge in [-0.05, 0) is 67.4 Å². The predicted molar refractivity (Wildman–Crippen MR) is 111 cm³/mol. The summed E-state index contributed by atoms with van der Waals surface area (Å²) in [6.45, 7) is 8.12. The quantitative estimate of drug-likeness (QED) is 0.686. The van der Waals surface area contributed by atoms with Gasteiger partial charge in [-0.15, -0.1) is 0 Å². The molecule has 0 N–H and O–H groups in total. The molecule has 2 heterocycles. The van der Waals surface area contributed by atoms with Crippen molar-refractivity contribution < 1.29 is 18.0 Å². The molecule has 0 bridgehead atoms. The third-order valence-electron chi connectivity index (χ3n) is 6.31. The fraction of sp³-hybridized carbons (Fsp3) is 0.458. The second-order valence-corrected chi connectivity index (χ2v) is 9.64. The maximum atomic E-state index is 14.1. The number of hydrogen-bond acceptors (Lipinski definition) is 2. The van der Waals surface area contributed by atoms with Crippen molar-refractivity contribution in [2.75, 3.05) is 24.5 Å². The Hall–Kier alpha value is -2.34. The Balaban J connectivity index is 1.55. The fourth-order valence-electron chi connectivity index (χ4n) is 4.75. The Morgan fingerprint density at radius 3 is 2.20 bits per heavy atom. The Kier molecular flexibility index (Phi) is 5.17. The maximum Gasteiger partial charge on any atom is 0.232 e. The molecule has 30 heavy (non-hydrogen) atoms. The van der Waals surface area contributed by atoms with Gasteiger partial charge in [-0.2, -0.15) is 0 Å². The molecule has 0 radical (unpaired) electrons. The molecule has 1 spiro atoms. The van der Waals surface area contributed by atoms with Crippen LogP contribution in [-0.2, 0) is 16.8 Å². The van der Waals surface area contributed by atoms with Gasteiger partial charge in [0.25, 0.3) is 0 Å². The molecule has 2 aliphatic rings. The van der Waals surface area contributed by atoms with Gasteiger partial charge in [-0.1, -0.05) is 20.8 Å². The van der Waals surface area contributed by atoms with Crippen LogP contribution in [0.4, 0.5) is 18.9 Å². The first-order chi connectivity index (χ1) is 14.1. The van der Waals surface area contributed by atoms with E-state index in [0.717, 1.165) is 30.2 Å². The van der Waals surface area contributed by atoms with Crippen LogP contribution in [0.1, 0.15) is 44.7 Å². The number of hydrogen-bond donors (Lipinski definition) is 0. The molecule has 0 aromatic heterocycles. The number of likely N-dealkylation sites (tertiary alicyclic amines) is 1. The molecule has 3 nitrogen and oxygen atoms in total. The molecule has 2 aromatic rings. The van der Waals surface area contributed by atoms with Gasteiger partial charge in [0, 0.05) is 35.7 Å². The summed E-state index contributed by atoms with van der Waals surface area (Å²) in [6.07, 6.45) is 1.52. The first-order valence-electron chi connectivity index (χ1n) is 10.4. The van der Waals surface area contributed by atoms with Crippen molar-refractivity contribution in [3.05, 3.63) is 65.0 Å². The number of fused-ring (bicyclic) bond motifs is 2. The third kappa shape index (κ3) is 3.85. The van der Waals surface area contributed by atoms with Crippen molar-refractivity contribution in [2.45, 2.75) is 45.6 Å². The molecular formula is C24H27F3N2O. The van der Waals surface area contributed by atoms with Crippen molar-refractivity contribution in [3.63, 3.8) is 0 Å². The molecule has 2 aliphatic heterocycles. The average molecular weight is 416 g/mol. The summed E-state index contributed by atoms with van der Waals surface area (Å²) < 4.78 is 41.1. The molecule has 1 saturated heterocycles. The Morgan fingerprint density at radius 2 is 1.60 bits per heavy atom. The van der Waals surface area contributed by atoms with Crippen LogP contribution in [-0.4, -0.2) is 30.4 Å². The molecule has 0 unspecified atom stereocenters. The maximum absolute atomic E-state index is 14.1. The monoisotopic (exact) mass is 416 g/mol. The van der Waals surface area contributed by atoms with Crippen molar-refractivity contribution in [1.29, 1.82) is 0 Å².